The Bertz CT molecular complexity index is 1290. The van der Waals surface area contributed by atoms with Crippen molar-refractivity contribution in [1.82, 2.24) is 15.0 Å². The highest BCUT2D eigenvalue weighted by molar-refractivity contribution is 6.02. The molecule has 0 saturated carbocycles. The fraction of sp³-hybridized carbons (Fsp3) is 0.409. The van der Waals surface area contributed by atoms with E-state index in [-0.39, 0.29) is 22.6 Å². The number of amides is 1. The first-order chi connectivity index (χ1) is 15.8. The Morgan fingerprint density at radius 1 is 1.26 bits per heavy atom. The quantitative estimate of drug-likeness (QED) is 0.532. The molecule has 1 amide bonds. The zero-order valence-corrected chi connectivity index (χ0v) is 18.6. The molecule has 1 aliphatic heterocycles. The molecule has 0 bridgehead atoms. The summed E-state index contributed by atoms with van der Waals surface area (Å²) < 4.78 is 81.4. The van der Waals surface area contributed by atoms with Crippen LogP contribution in [0, 0.1) is 24.5 Å². The highest BCUT2D eigenvalue weighted by atomic mass is 19.4. The minimum Gasteiger partial charge on any atom is -0.493 e. The van der Waals surface area contributed by atoms with Gasteiger partial charge in [0, 0.05) is 23.1 Å². The average molecular weight is 484 g/mol. The predicted octanol–water partition coefficient (Wildman–Crippen LogP) is 4.46. The maximum atomic E-state index is 14.5. The van der Waals surface area contributed by atoms with Crippen molar-refractivity contribution in [1.29, 1.82) is 0 Å². The van der Waals surface area contributed by atoms with Crippen molar-refractivity contribution in [2.24, 2.45) is 11.7 Å². The Hall–Kier alpha value is -3.28. The van der Waals surface area contributed by atoms with Crippen molar-refractivity contribution >= 4 is 16.9 Å². The van der Waals surface area contributed by atoms with E-state index >= 15 is 0 Å². The molecule has 3 heterocycles. The molecule has 3 N–H and O–H groups in total. The number of benzene rings is 1. The monoisotopic (exact) mass is 484 g/mol. The summed E-state index contributed by atoms with van der Waals surface area (Å²) in [4.78, 5) is 23.1. The summed E-state index contributed by atoms with van der Waals surface area (Å²) in [5, 5.41) is 0. The van der Waals surface area contributed by atoms with E-state index in [1.807, 2.05) is 0 Å². The molecule has 1 saturated heterocycles. The standard InChI is InChI=1S/C22H21F5N4O3/c1-8-7-12-15(16(29-8)19(28)32)31-20(30-12)18-13(9(2)21(3,34-18)22(25,26)27)10-5-6-11(23)14(24)17(10)33-4/h5-7,9,13,18H,1-4H3,(H2,28,32)(H,30,31)/t9-,13-,18+,21+/m0/s1. The van der Waals surface area contributed by atoms with Gasteiger partial charge in [0.05, 0.1) is 12.6 Å². The topological polar surface area (TPSA) is 103 Å². The Balaban J connectivity index is 1.96. The van der Waals surface area contributed by atoms with Gasteiger partial charge in [-0.2, -0.15) is 17.6 Å². The van der Waals surface area contributed by atoms with Gasteiger partial charge in [-0.3, -0.25) is 4.79 Å². The summed E-state index contributed by atoms with van der Waals surface area (Å²) in [6.07, 6.45) is -6.18. The lowest BCUT2D eigenvalue weighted by molar-refractivity contribution is -0.275. The summed E-state index contributed by atoms with van der Waals surface area (Å²) >= 11 is 0. The SMILES string of the molecule is COc1c([C@H]2[C@H](c3nc4c(C(N)=O)nc(C)cc4[nH]3)O[C@@](C)(C(F)(F)F)[C@H]2C)ccc(F)c1F. The van der Waals surface area contributed by atoms with E-state index in [0.717, 1.165) is 20.1 Å². The van der Waals surface area contributed by atoms with Crippen LogP contribution in [0.25, 0.3) is 11.0 Å². The number of nitrogens with two attached hydrogens (primary N) is 1. The molecule has 3 aromatic rings. The first-order valence-electron chi connectivity index (χ1n) is 10.2. The number of rotatable bonds is 4. The van der Waals surface area contributed by atoms with Gasteiger partial charge in [0.1, 0.15) is 17.4 Å². The molecular weight excluding hydrogens is 463 g/mol. The molecule has 0 unspecified atom stereocenters. The van der Waals surface area contributed by atoms with Crippen LogP contribution in [0.4, 0.5) is 22.0 Å². The number of carbonyl (C=O) groups is 1. The van der Waals surface area contributed by atoms with Gasteiger partial charge in [-0.1, -0.05) is 13.0 Å². The van der Waals surface area contributed by atoms with Crippen LogP contribution < -0.4 is 10.5 Å². The average Bonchev–Trinajstić information content (AvgIpc) is 3.28. The smallest absolute Gasteiger partial charge is 0.417 e. The van der Waals surface area contributed by atoms with Crippen molar-refractivity contribution in [3.63, 3.8) is 0 Å². The second-order valence-electron chi connectivity index (χ2n) is 8.44. The van der Waals surface area contributed by atoms with Crippen molar-refractivity contribution in [3.8, 4) is 5.75 Å². The number of hydrogen-bond donors (Lipinski definition) is 2. The van der Waals surface area contributed by atoms with Crippen LogP contribution in [-0.4, -0.2) is 39.7 Å². The van der Waals surface area contributed by atoms with Crippen LogP contribution in [0.3, 0.4) is 0 Å². The van der Waals surface area contributed by atoms with Gasteiger partial charge in [-0.25, -0.2) is 14.4 Å². The molecule has 1 fully saturated rings. The number of imidazole rings is 1. The number of nitrogens with one attached hydrogen (secondary N) is 1. The number of ether oxygens (including phenoxy) is 2. The van der Waals surface area contributed by atoms with Gasteiger partial charge >= 0.3 is 6.18 Å². The number of aromatic nitrogens is 3. The van der Waals surface area contributed by atoms with Crippen LogP contribution in [0.2, 0.25) is 0 Å². The molecule has 182 valence electrons. The number of primary amides is 1. The summed E-state index contributed by atoms with van der Waals surface area (Å²) in [5.74, 6) is -6.40. The fourth-order valence-electron chi connectivity index (χ4n) is 4.52. The van der Waals surface area contributed by atoms with E-state index in [1.54, 1.807) is 13.0 Å². The Morgan fingerprint density at radius 2 is 1.94 bits per heavy atom. The molecule has 1 aromatic carbocycles. The number of alkyl halides is 3. The number of hydrogen-bond acceptors (Lipinski definition) is 5. The largest absolute Gasteiger partial charge is 0.493 e. The van der Waals surface area contributed by atoms with Crippen LogP contribution >= 0.6 is 0 Å². The molecule has 34 heavy (non-hydrogen) atoms. The minimum atomic E-state index is -4.80. The van der Waals surface area contributed by atoms with Gasteiger partial charge in [-0.05, 0) is 26.0 Å². The molecule has 7 nitrogen and oxygen atoms in total. The second-order valence-corrected chi connectivity index (χ2v) is 8.44. The lowest BCUT2D eigenvalue weighted by Crippen LogP contribution is -2.46. The third-order valence-corrected chi connectivity index (χ3v) is 6.43. The zero-order chi connectivity index (χ0) is 25.2. The van der Waals surface area contributed by atoms with E-state index < -0.39 is 53.0 Å². The zero-order valence-electron chi connectivity index (χ0n) is 18.6. The molecule has 12 heteroatoms. The number of fused-ring (bicyclic) bond motifs is 1. The second kappa shape index (κ2) is 7.90. The number of aryl methyl sites for hydroxylation is 1. The summed E-state index contributed by atoms with van der Waals surface area (Å²) in [6.45, 7) is 3.80. The Morgan fingerprint density at radius 3 is 2.53 bits per heavy atom. The normalized spacial score (nSPS) is 25.1. The van der Waals surface area contributed by atoms with Gasteiger partial charge in [-0.15, -0.1) is 0 Å². The Kier molecular flexibility index (Phi) is 5.54. The fourth-order valence-corrected chi connectivity index (χ4v) is 4.52. The molecule has 4 atom stereocenters. The van der Waals surface area contributed by atoms with Gasteiger partial charge in [0.15, 0.2) is 22.9 Å². The molecular formula is C22H21F5N4O3. The summed E-state index contributed by atoms with van der Waals surface area (Å²) in [5.41, 5.74) is 3.35. The molecule has 0 aliphatic carbocycles. The van der Waals surface area contributed by atoms with E-state index in [4.69, 9.17) is 15.2 Å². The van der Waals surface area contributed by atoms with Gasteiger partial charge in [0.2, 0.25) is 5.82 Å². The molecule has 1 aliphatic rings. The number of aromatic amines is 1. The minimum absolute atomic E-state index is 0.0169. The number of halogens is 5. The maximum Gasteiger partial charge on any atom is 0.417 e. The molecule has 2 aromatic heterocycles. The molecule has 0 radical (unpaired) electrons. The van der Waals surface area contributed by atoms with E-state index in [2.05, 4.69) is 15.0 Å². The van der Waals surface area contributed by atoms with Crippen molar-refractivity contribution in [3.05, 3.63) is 52.6 Å². The lowest BCUT2D eigenvalue weighted by atomic mass is 9.77. The first kappa shape index (κ1) is 23.9. The van der Waals surface area contributed by atoms with Crippen LogP contribution in [0.15, 0.2) is 18.2 Å². The van der Waals surface area contributed by atoms with Gasteiger partial charge in [0.25, 0.3) is 5.91 Å². The van der Waals surface area contributed by atoms with E-state index in [9.17, 15) is 26.7 Å². The third-order valence-electron chi connectivity index (χ3n) is 6.43. The first-order valence-corrected chi connectivity index (χ1v) is 10.2. The van der Waals surface area contributed by atoms with Crippen LogP contribution in [-0.2, 0) is 4.74 Å². The third kappa shape index (κ3) is 3.47. The number of carbonyl (C=O) groups excluding carboxylic acids is 1. The highest BCUT2D eigenvalue weighted by Gasteiger charge is 2.65. The van der Waals surface area contributed by atoms with Crippen molar-refractivity contribution in [2.75, 3.05) is 7.11 Å². The number of pyridine rings is 1. The molecule has 4 rings (SSSR count). The Labute approximate surface area is 190 Å². The summed E-state index contributed by atoms with van der Waals surface area (Å²) in [6, 6.07) is 3.53. The van der Waals surface area contributed by atoms with Crippen molar-refractivity contribution < 1.29 is 36.2 Å². The van der Waals surface area contributed by atoms with E-state index in [0.29, 0.717) is 11.2 Å². The van der Waals surface area contributed by atoms with Gasteiger partial charge < -0.3 is 20.2 Å². The number of H-pyrrole nitrogens is 1. The van der Waals surface area contributed by atoms with E-state index in [1.165, 1.54) is 13.0 Å². The lowest BCUT2D eigenvalue weighted by Gasteiger charge is -2.32. The highest BCUT2D eigenvalue weighted by Crippen LogP contribution is 2.59. The predicted molar refractivity (Wildman–Crippen MR) is 110 cm³/mol. The molecule has 0 spiro atoms. The van der Waals surface area contributed by atoms with Crippen molar-refractivity contribution in [2.45, 2.75) is 44.6 Å². The summed E-state index contributed by atoms with van der Waals surface area (Å²) in [7, 11) is 1.09. The maximum absolute atomic E-state index is 14.5. The number of nitrogens with zero attached hydrogens (tertiary/aromatic N) is 2. The van der Waals surface area contributed by atoms with Crippen LogP contribution in [0.5, 0.6) is 5.75 Å². The van der Waals surface area contributed by atoms with Crippen LogP contribution in [0.1, 0.15) is 53.4 Å². The number of methoxy groups -OCH3 is 1.